The highest BCUT2D eigenvalue weighted by Gasteiger charge is 2.34. The summed E-state index contributed by atoms with van der Waals surface area (Å²) in [5.74, 6) is -5.22. The van der Waals surface area contributed by atoms with Crippen molar-refractivity contribution < 1.29 is 60.9 Å². The predicted molar refractivity (Wildman–Crippen MR) is 222 cm³/mol. The number of hydrogen-bond acceptors (Lipinski definition) is 10. The van der Waals surface area contributed by atoms with E-state index in [9.17, 15) is 41.9 Å². The van der Waals surface area contributed by atoms with Crippen LogP contribution < -0.4 is 26.0 Å². The number of carbonyl (C=O) groups is 6. The van der Waals surface area contributed by atoms with Crippen LogP contribution in [-0.2, 0) is 51.2 Å². The largest absolute Gasteiger partial charge is 0.573 e. The monoisotopic (exact) mass is 864 g/mol. The Labute approximate surface area is 357 Å². The van der Waals surface area contributed by atoms with E-state index in [1.165, 1.54) is 12.1 Å². The maximum absolute atomic E-state index is 14.2. The van der Waals surface area contributed by atoms with Crippen molar-refractivity contribution >= 4 is 52.2 Å². The molecule has 3 atom stereocenters. The quantitative estimate of drug-likeness (QED) is 0.0634. The molecule has 0 aliphatic heterocycles. The first kappa shape index (κ1) is 48.0. The Balaban J connectivity index is 1.63. The fourth-order valence-corrected chi connectivity index (χ4v) is 5.95. The van der Waals surface area contributed by atoms with Crippen LogP contribution in [0.1, 0.15) is 71.9 Å². The van der Waals surface area contributed by atoms with Gasteiger partial charge in [0.2, 0.25) is 17.7 Å². The van der Waals surface area contributed by atoms with E-state index in [-0.39, 0.29) is 25.1 Å². The van der Waals surface area contributed by atoms with Crippen LogP contribution in [0.25, 0.3) is 10.8 Å². The number of fused-ring (bicyclic) bond motifs is 1. The molecule has 0 saturated carbocycles. The van der Waals surface area contributed by atoms with Gasteiger partial charge >= 0.3 is 24.4 Å². The number of rotatable bonds is 17. The number of amides is 4. The van der Waals surface area contributed by atoms with Gasteiger partial charge in [-0.15, -0.1) is 13.2 Å². The number of halogens is 3. The highest BCUT2D eigenvalue weighted by atomic mass is 19.4. The fraction of sp³-hybridized carbons (Fsp3) is 0.378. The summed E-state index contributed by atoms with van der Waals surface area (Å²) >= 11 is 0. The molecule has 332 valence electrons. The van der Waals surface area contributed by atoms with Crippen LogP contribution in [0.2, 0.25) is 0 Å². The van der Waals surface area contributed by atoms with Crippen LogP contribution in [0.3, 0.4) is 0 Å². The van der Waals surface area contributed by atoms with Crippen molar-refractivity contribution in [1.29, 1.82) is 0 Å². The maximum Gasteiger partial charge on any atom is 0.573 e. The van der Waals surface area contributed by atoms with E-state index in [1.54, 1.807) is 77.9 Å². The number of benzene rings is 4. The summed E-state index contributed by atoms with van der Waals surface area (Å²) in [4.78, 5) is 81.1. The van der Waals surface area contributed by atoms with Crippen LogP contribution in [0.15, 0.2) is 97.1 Å². The molecule has 0 aliphatic carbocycles. The average Bonchev–Trinajstić information content (AvgIpc) is 3.16. The number of alkyl carbamates (subject to hydrolysis) is 1. The number of alkyl halides is 3. The van der Waals surface area contributed by atoms with Gasteiger partial charge in [0, 0.05) is 24.6 Å². The second-order valence-corrected chi connectivity index (χ2v) is 16.2. The van der Waals surface area contributed by atoms with E-state index in [2.05, 4.69) is 26.0 Å². The van der Waals surface area contributed by atoms with E-state index < -0.39 is 90.0 Å². The highest BCUT2D eigenvalue weighted by molar-refractivity contribution is 6.00. The Hall–Kier alpha value is -6.65. The molecule has 14 nitrogen and oxygen atoms in total. The van der Waals surface area contributed by atoms with Gasteiger partial charge in [-0.3, -0.25) is 24.0 Å². The minimum Gasteiger partial charge on any atom is -0.460 e. The van der Waals surface area contributed by atoms with Gasteiger partial charge in [0.25, 0.3) is 0 Å². The van der Waals surface area contributed by atoms with Crippen molar-refractivity contribution in [3.05, 3.63) is 108 Å². The zero-order valence-electron chi connectivity index (χ0n) is 35.2. The van der Waals surface area contributed by atoms with Gasteiger partial charge in [0.05, 0.1) is 6.42 Å². The molecule has 0 saturated heterocycles. The van der Waals surface area contributed by atoms with Gasteiger partial charge in [-0.05, 0) is 82.0 Å². The third-order valence-electron chi connectivity index (χ3n) is 8.52. The molecular formula is C45H51F3N4O10. The molecule has 0 aromatic heterocycles. The second-order valence-electron chi connectivity index (χ2n) is 16.2. The molecular weight excluding hydrogens is 814 g/mol. The van der Waals surface area contributed by atoms with Gasteiger partial charge in [-0.2, -0.15) is 0 Å². The summed E-state index contributed by atoms with van der Waals surface area (Å²) < 4.78 is 58.9. The summed E-state index contributed by atoms with van der Waals surface area (Å²) in [5, 5.41) is 11.7. The lowest BCUT2D eigenvalue weighted by Crippen LogP contribution is -2.57. The van der Waals surface area contributed by atoms with E-state index in [0.717, 1.165) is 22.9 Å². The summed E-state index contributed by atoms with van der Waals surface area (Å²) in [6, 6.07) is 21.5. The van der Waals surface area contributed by atoms with Crippen LogP contribution >= 0.6 is 0 Å². The van der Waals surface area contributed by atoms with Gasteiger partial charge in [0.1, 0.15) is 41.7 Å². The van der Waals surface area contributed by atoms with Crippen molar-refractivity contribution in [2.75, 3.05) is 5.32 Å². The molecule has 4 aromatic rings. The third kappa shape index (κ3) is 17.1. The SMILES string of the molecule is CC(C)(C)OC(=O)CC[C@H](NC(=O)[C@H](CC(=O)OC(C)(C)C)NC(=O)[C@H](Cc1ccc2ccccc2c1)NC(=O)OCc1ccccc1)C(=O)Nc1cccc(OC(F)(F)F)c1. The zero-order valence-corrected chi connectivity index (χ0v) is 35.2. The first-order chi connectivity index (χ1) is 29.0. The number of ether oxygens (including phenoxy) is 4. The molecule has 4 N–H and O–H groups in total. The molecule has 17 heteroatoms. The Morgan fingerprint density at radius 2 is 1.21 bits per heavy atom. The smallest absolute Gasteiger partial charge is 0.460 e. The number of anilines is 1. The van der Waals surface area contributed by atoms with E-state index in [0.29, 0.717) is 11.1 Å². The number of hydrogen-bond donors (Lipinski definition) is 4. The summed E-state index contributed by atoms with van der Waals surface area (Å²) in [6.07, 6.45) is -7.58. The molecule has 0 fully saturated rings. The molecule has 0 radical (unpaired) electrons. The number of nitrogens with one attached hydrogen (secondary N) is 4. The van der Waals surface area contributed by atoms with Crippen LogP contribution in [0, 0.1) is 0 Å². The lowest BCUT2D eigenvalue weighted by Gasteiger charge is -2.26. The third-order valence-corrected chi connectivity index (χ3v) is 8.52. The van der Waals surface area contributed by atoms with Gasteiger partial charge in [-0.1, -0.05) is 78.9 Å². The molecule has 4 amide bonds. The van der Waals surface area contributed by atoms with Crippen LogP contribution in [0.5, 0.6) is 5.75 Å². The Morgan fingerprint density at radius 3 is 1.87 bits per heavy atom. The van der Waals surface area contributed by atoms with Gasteiger partial charge in [-0.25, -0.2) is 4.79 Å². The van der Waals surface area contributed by atoms with E-state index >= 15 is 0 Å². The predicted octanol–water partition coefficient (Wildman–Crippen LogP) is 7.04. The summed E-state index contributed by atoms with van der Waals surface area (Å²) in [7, 11) is 0. The Morgan fingerprint density at radius 1 is 0.597 bits per heavy atom. The Bertz CT molecular complexity index is 2200. The lowest BCUT2D eigenvalue weighted by molar-refractivity contribution is -0.274. The van der Waals surface area contributed by atoms with Gasteiger partial charge < -0.3 is 40.2 Å². The molecule has 0 aliphatic rings. The molecule has 0 heterocycles. The first-order valence-corrected chi connectivity index (χ1v) is 19.7. The first-order valence-electron chi connectivity index (χ1n) is 19.7. The van der Waals surface area contributed by atoms with Crippen LogP contribution in [0.4, 0.5) is 23.7 Å². The van der Waals surface area contributed by atoms with Crippen molar-refractivity contribution in [1.82, 2.24) is 16.0 Å². The van der Waals surface area contributed by atoms with E-state index in [1.807, 2.05) is 36.4 Å². The molecule has 62 heavy (non-hydrogen) atoms. The van der Waals surface area contributed by atoms with E-state index in [4.69, 9.17) is 14.2 Å². The summed E-state index contributed by atoms with van der Waals surface area (Å²) in [6.45, 7) is 9.54. The fourth-order valence-electron chi connectivity index (χ4n) is 5.95. The molecule has 0 spiro atoms. The maximum atomic E-state index is 14.2. The normalized spacial score (nSPS) is 13.1. The van der Waals surface area contributed by atoms with Crippen molar-refractivity contribution in [3.8, 4) is 5.75 Å². The topological polar surface area (TPSA) is 187 Å². The number of esters is 2. The number of carbonyl (C=O) groups excluding carboxylic acids is 6. The molecule has 0 unspecified atom stereocenters. The molecule has 4 aromatic carbocycles. The lowest BCUT2D eigenvalue weighted by atomic mass is 10.0. The zero-order chi connectivity index (χ0) is 45.7. The van der Waals surface area contributed by atoms with Crippen molar-refractivity contribution in [2.24, 2.45) is 0 Å². The Kier molecular flexibility index (Phi) is 16.4. The second kappa shape index (κ2) is 21.2. The van der Waals surface area contributed by atoms with Crippen molar-refractivity contribution in [2.45, 2.75) is 110 Å². The van der Waals surface area contributed by atoms with Gasteiger partial charge in [0.15, 0.2) is 0 Å². The highest BCUT2D eigenvalue weighted by Crippen LogP contribution is 2.25. The molecule has 4 rings (SSSR count). The average molecular weight is 865 g/mol. The van der Waals surface area contributed by atoms with Crippen LogP contribution in [-0.4, -0.2) is 71.4 Å². The molecule has 0 bridgehead atoms. The van der Waals surface area contributed by atoms with Crippen molar-refractivity contribution in [3.63, 3.8) is 0 Å². The standard InChI is InChI=1S/C45H51F3N4O10/c1-43(2,3)61-37(53)22-21-34(39(55)49-32-17-12-18-33(25-32)60-45(46,47)48)50-41(57)36(26-38(54)62-44(4,5)6)51-40(56)35(52-42(58)59-27-28-13-8-7-9-14-28)24-29-19-20-30-15-10-11-16-31(30)23-29/h7-20,23,25,34-36H,21-22,24,26-27H2,1-6H3,(H,49,55)(H,50,57)(H,51,56)(H,52,58)/t34-,35-,36-/m0/s1. The minimum atomic E-state index is -5.02. The summed E-state index contributed by atoms with van der Waals surface area (Å²) in [5.41, 5.74) is -0.742. The minimum absolute atomic E-state index is 0.0874.